The lowest BCUT2D eigenvalue weighted by Crippen LogP contribution is -2.77. The SMILES string of the molecule is CC1(C)CC(N)(C(=O)NC2(C(=O)NC(CO)C(=O)O)CC(C)(C)N([O])C(C)(C)C2)CC(C)(C)N1[O]. The van der Waals surface area contributed by atoms with Crippen molar-refractivity contribution in [3.63, 3.8) is 0 Å². The molecule has 6 N–H and O–H groups in total. The number of rotatable bonds is 6. The second-order valence-corrected chi connectivity index (χ2v) is 12.8. The molecule has 2 heterocycles. The van der Waals surface area contributed by atoms with Gasteiger partial charge < -0.3 is 26.6 Å². The smallest absolute Gasteiger partial charge is 0.328 e. The Kier molecular flexibility index (Phi) is 7.50. The van der Waals surface area contributed by atoms with Crippen molar-refractivity contribution in [2.45, 2.75) is 120 Å². The number of aliphatic hydroxyl groups excluding tert-OH is 1. The van der Waals surface area contributed by atoms with Crippen LogP contribution in [0.2, 0.25) is 0 Å². The van der Waals surface area contributed by atoms with Crippen LogP contribution in [0, 0.1) is 0 Å². The number of nitrogens with zero attached hydrogens (tertiary/aromatic N) is 2. The van der Waals surface area contributed by atoms with Crippen LogP contribution in [0.1, 0.15) is 81.1 Å². The molecule has 1 unspecified atom stereocenters. The first-order chi connectivity index (χ1) is 15.6. The van der Waals surface area contributed by atoms with E-state index in [1.807, 2.05) is 0 Å². The van der Waals surface area contributed by atoms with E-state index in [4.69, 9.17) is 5.73 Å². The summed E-state index contributed by atoms with van der Waals surface area (Å²) in [5, 5.41) is 51.5. The van der Waals surface area contributed by atoms with E-state index in [-0.39, 0.29) is 25.7 Å². The van der Waals surface area contributed by atoms with Crippen molar-refractivity contribution in [1.82, 2.24) is 20.8 Å². The molecule has 2 amide bonds. The van der Waals surface area contributed by atoms with E-state index in [1.54, 1.807) is 55.4 Å². The highest BCUT2D eigenvalue weighted by atomic mass is 16.5. The molecule has 35 heavy (non-hydrogen) atoms. The van der Waals surface area contributed by atoms with Gasteiger partial charge >= 0.3 is 5.97 Å². The molecule has 2 aliphatic heterocycles. The molecule has 0 aromatic carbocycles. The number of aliphatic carboxylic acids is 1. The van der Waals surface area contributed by atoms with Gasteiger partial charge in [-0.25, -0.2) is 4.79 Å². The Balaban J connectivity index is 2.53. The Labute approximate surface area is 206 Å². The van der Waals surface area contributed by atoms with E-state index in [2.05, 4.69) is 10.6 Å². The fraction of sp³-hybridized carbons (Fsp3) is 0.870. The lowest BCUT2D eigenvalue weighted by molar-refractivity contribution is -0.297. The topological polar surface area (TPSA) is 188 Å². The molecule has 0 saturated carbocycles. The number of amides is 2. The van der Waals surface area contributed by atoms with Gasteiger partial charge in [0.1, 0.15) is 11.6 Å². The summed E-state index contributed by atoms with van der Waals surface area (Å²) in [5.74, 6) is -2.93. The van der Waals surface area contributed by atoms with Crippen LogP contribution in [-0.4, -0.2) is 84.0 Å². The largest absolute Gasteiger partial charge is 0.480 e. The molecule has 0 aliphatic carbocycles. The standard InChI is InChI=1S/C23H41N5O7/c1-18(2)10-22(24,11-19(3,4)27(18)34)16(32)26-23(17(33)25-14(9-29)15(30)31)12-20(5,6)28(35)21(7,8)13-23/h14,29H,9-13,24H2,1-8H3,(H,25,33)(H,26,32)(H,30,31). The summed E-state index contributed by atoms with van der Waals surface area (Å²) in [5.41, 5.74) is -0.733. The average Bonchev–Trinajstić information content (AvgIpc) is 2.66. The van der Waals surface area contributed by atoms with Crippen molar-refractivity contribution in [2.24, 2.45) is 5.73 Å². The number of piperidine rings is 2. The minimum absolute atomic E-state index is 0.0192. The van der Waals surface area contributed by atoms with Crippen LogP contribution in [0.25, 0.3) is 0 Å². The number of carbonyl (C=O) groups is 3. The molecular formula is C23H41N5O7. The zero-order valence-corrected chi connectivity index (χ0v) is 22.0. The van der Waals surface area contributed by atoms with Gasteiger partial charge in [0, 0.05) is 22.2 Å². The molecule has 12 nitrogen and oxygen atoms in total. The Morgan fingerprint density at radius 1 is 0.800 bits per heavy atom. The fourth-order valence-electron chi connectivity index (χ4n) is 6.36. The van der Waals surface area contributed by atoms with Crippen LogP contribution < -0.4 is 16.4 Å². The highest BCUT2D eigenvalue weighted by molar-refractivity contribution is 5.96. The Morgan fingerprint density at radius 2 is 1.17 bits per heavy atom. The van der Waals surface area contributed by atoms with E-state index in [9.17, 15) is 35.0 Å². The van der Waals surface area contributed by atoms with Crippen LogP contribution in [-0.2, 0) is 24.8 Å². The maximum absolute atomic E-state index is 13.8. The summed E-state index contributed by atoms with van der Waals surface area (Å²) < 4.78 is 0. The van der Waals surface area contributed by atoms with Crippen LogP contribution >= 0.6 is 0 Å². The molecule has 1 atom stereocenters. The molecular weight excluding hydrogens is 458 g/mol. The number of carboxylic acid groups (broad SMARTS) is 1. The zero-order valence-electron chi connectivity index (χ0n) is 22.0. The molecule has 2 aliphatic rings. The zero-order chi connectivity index (χ0) is 27.4. The third kappa shape index (κ3) is 5.47. The Morgan fingerprint density at radius 3 is 1.51 bits per heavy atom. The molecule has 0 bridgehead atoms. The normalized spacial score (nSPS) is 27.4. The molecule has 2 rings (SSSR count). The van der Waals surface area contributed by atoms with Crippen molar-refractivity contribution in [3.8, 4) is 0 Å². The molecule has 2 fully saturated rings. The molecule has 0 spiro atoms. The summed E-state index contributed by atoms with van der Waals surface area (Å²) in [6.07, 6.45) is -0.214. The first-order valence-electron chi connectivity index (χ1n) is 11.8. The summed E-state index contributed by atoms with van der Waals surface area (Å²) in [6, 6.07) is -1.60. The highest BCUT2D eigenvalue weighted by Gasteiger charge is 2.60. The number of nitrogens with two attached hydrogens (primary N) is 1. The van der Waals surface area contributed by atoms with Gasteiger partial charge in [-0.15, -0.1) is 20.5 Å². The number of hydrogen-bond donors (Lipinski definition) is 5. The lowest BCUT2D eigenvalue weighted by atomic mass is 9.67. The van der Waals surface area contributed by atoms with E-state index < -0.39 is 63.7 Å². The second-order valence-electron chi connectivity index (χ2n) is 12.8. The third-order valence-electron chi connectivity index (χ3n) is 7.19. The summed E-state index contributed by atoms with van der Waals surface area (Å²) >= 11 is 0. The number of carbonyl (C=O) groups excluding carboxylic acids is 2. The third-order valence-corrected chi connectivity index (χ3v) is 7.19. The van der Waals surface area contributed by atoms with Gasteiger partial charge in [0.05, 0.1) is 12.1 Å². The monoisotopic (exact) mass is 499 g/mol. The van der Waals surface area contributed by atoms with E-state index in [1.165, 1.54) is 0 Å². The van der Waals surface area contributed by atoms with Crippen molar-refractivity contribution < 1.29 is 35.0 Å². The number of hydrogen-bond acceptors (Lipinski definition) is 7. The maximum Gasteiger partial charge on any atom is 0.328 e. The lowest BCUT2D eigenvalue weighted by Gasteiger charge is -2.56. The average molecular weight is 500 g/mol. The van der Waals surface area contributed by atoms with E-state index in [0.29, 0.717) is 0 Å². The van der Waals surface area contributed by atoms with Crippen LogP contribution in [0.4, 0.5) is 0 Å². The summed E-state index contributed by atoms with van der Waals surface area (Å²) in [7, 11) is 0. The van der Waals surface area contributed by atoms with Gasteiger partial charge in [0.2, 0.25) is 11.8 Å². The van der Waals surface area contributed by atoms with Crippen molar-refractivity contribution in [2.75, 3.05) is 6.61 Å². The first kappa shape index (κ1) is 29.4. The molecule has 200 valence electrons. The predicted octanol–water partition coefficient (Wildman–Crippen LogP) is 0.0976. The number of carboxylic acids is 1. The number of nitrogens with one attached hydrogen (secondary N) is 2. The van der Waals surface area contributed by atoms with E-state index >= 15 is 0 Å². The van der Waals surface area contributed by atoms with Crippen molar-refractivity contribution in [1.29, 1.82) is 0 Å². The minimum atomic E-state index is -1.69. The molecule has 0 aromatic heterocycles. The maximum atomic E-state index is 13.8. The fourth-order valence-corrected chi connectivity index (χ4v) is 6.36. The van der Waals surface area contributed by atoms with Gasteiger partial charge in [-0.2, -0.15) is 0 Å². The molecule has 2 radical (unpaired) electrons. The van der Waals surface area contributed by atoms with Crippen molar-refractivity contribution >= 4 is 17.8 Å². The number of hydroxylamine groups is 4. The van der Waals surface area contributed by atoms with Gasteiger partial charge in [-0.05, 0) is 81.1 Å². The first-order valence-corrected chi connectivity index (χ1v) is 11.8. The van der Waals surface area contributed by atoms with Gasteiger partial charge in [-0.3, -0.25) is 9.59 Å². The van der Waals surface area contributed by atoms with Crippen molar-refractivity contribution in [3.05, 3.63) is 0 Å². The summed E-state index contributed by atoms with van der Waals surface area (Å²) in [4.78, 5) is 38.8. The van der Waals surface area contributed by atoms with Crippen LogP contribution in [0.15, 0.2) is 0 Å². The van der Waals surface area contributed by atoms with Gasteiger partial charge in [0.25, 0.3) is 0 Å². The molecule has 0 aromatic rings. The van der Waals surface area contributed by atoms with Crippen LogP contribution in [0.3, 0.4) is 0 Å². The number of aliphatic hydroxyl groups is 1. The molecule has 12 heteroatoms. The minimum Gasteiger partial charge on any atom is -0.480 e. The Hall–Kier alpha value is -1.83. The Bertz CT molecular complexity index is 834. The predicted molar refractivity (Wildman–Crippen MR) is 124 cm³/mol. The summed E-state index contributed by atoms with van der Waals surface area (Å²) in [6.45, 7) is 12.5. The van der Waals surface area contributed by atoms with Gasteiger partial charge in [0.15, 0.2) is 0 Å². The molecule has 2 saturated heterocycles. The van der Waals surface area contributed by atoms with Gasteiger partial charge in [-0.1, -0.05) is 0 Å². The van der Waals surface area contributed by atoms with E-state index in [0.717, 1.165) is 10.1 Å². The quantitative estimate of drug-likeness (QED) is 0.340. The van der Waals surface area contributed by atoms with Crippen LogP contribution in [0.5, 0.6) is 0 Å². The second kappa shape index (κ2) is 8.93. The highest BCUT2D eigenvalue weighted by Crippen LogP contribution is 2.45.